The van der Waals surface area contributed by atoms with E-state index in [1.165, 1.54) is 0 Å². The maximum absolute atomic E-state index is 9.29. The standard InChI is InChI=1S/C12H19BrN2O/c1-8(2)6-10(7-16)15-12-11(13)9(3)4-5-14-12/h4-5,8,10,16H,6-7H2,1-3H3,(H,14,15). The fourth-order valence-electron chi connectivity index (χ4n) is 1.58. The lowest BCUT2D eigenvalue weighted by molar-refractivity contribution is 0.259. The summed E-state index contributed by atoms with van der Waals surface area (Å²) in [4.78, 5) is 4.27. The summed E-state index contributed by atoms with van der Waals surface area (Å²) in [6.07, 6.45) is 2.70. The van der Waals surface area contributed by atoms with Gasteiger partial charge >= 0.3 is 0 Å². The molecule has 1 atom stereocenters. The van der Waals surface area contributed by atoms with Crippen LogP contribution in [-0.4, -0.2) is 22.7 Å². The Kier molecular flexibility index (Phi) is 5.22. The first-order valence-electron chi connectivity index (χ1n) is 5.53. The van der Waals surface area contributed by atoms with Crippen molar-refractivity contribution in [3.63, 3.8) is 0 Å². The number of nitrogens with zero attached hydrogens (tertiary/aromatic N) is 1. The first kappa shape index (κ1) is 13.5. The smallest absolute Gasteiger partial charge is 0.140 e. The van der Waals surface area contributed by atoms with Crippen LogP contribution in [0, 0.1) is 12.8 Å². The molecule has 1 unspecified atom stereocenters. The van der Waals surface area contributed by atoms with E-state index in [4.69, 9.17) is 0 Å². The highest BCUT2D eigenvalue weighted by Gasteiger charge is 2.12. The van der Waals surface area contributed by atoms with Crippen molar-refractivity contribution in [1.29, 1.82) is 0 Å². The Balaban J connectivity index is 2.74. The third kappa shape index (κ3) is 3.76. The molecule has 0 aliphatic rings. The second-order valence-corrected chi connectivity index (χ2v) is 5.24. The highest BCUT2D eigenvalue weighted by molar-refractivity contribution is 9.10. The molecular weight excluding hydrogens is 268 g/mol. The van der Waals surface area contributed by atoms with Gasteiger partial charge in [0.1, 0.15) is 5.82 Å². The number of nitrogens with one attached hydrogen (secondary N) is 1. The molecule has 0 saturated carbocycles. The number of rotatable bonds is 5. The maximum Gasteiger partial charge on any atom is 0.140 e. The molecule has 1 aromatic rings. The fraction of sp³-hybridized carbons (Fsp3) is 0.583. The molecule has 0 bridgehead atoms. The van der Waals surface area contributed by atoms with Gasteiger partial charge in [0, 0.05) is 6.20 Å². The summed E-state index contributed by atoms with van der Waals surface area (Å²) in [7, 11) is 0. The van der Waals surface area contributed by atoms with Gasteiger partial charge in [-0.1, -0.05) is 13.8 Å². The quantitative estimate of drug-likeness (QED) is 0.875. The molecule has 16 heavy (non-hydrogen) atoms. The average Bonchev–Trinajstić information content (AvgIpc) is 2.23. The van der Waals surface area contributed by atoms with E-state index in [9.17, 15) is 5.11 Å². The number of hydrogen-bond donors (Lipinski definition) is 2. The lowest BCUT2D eigenvalue weighted by atomic mass is 10.0. The molecule has 0 spiro atoms. The summed E-state index contributed by atoms with van der Waals surface area (Å²) in [5, 5.41) is 12.6. The Morgan fingerprint density at radius 2 is 2.19 bits per heavy atom. The zero-order chi connectivity index (χ0) is 12.1. The Morgan fingerprint density at radius 3 is 2.75 bits per heavy atom. The van der Waals surface area contributed by atoms with E-state index in [0.717, 1.165) is 22.3 Å². The molecular formula is C12H19BrN2O. The lowest BCUT2D eigenvalue weighted by Gasteiger charge is -2.19. The van der Waals surface area contributed by atoms with Crippen molar-refractivity contribution in [3.8, 4) is 0 Å². The van der Waals surface area contributed by atoms with Gasteiger partial charge in [0.05, 0.1) is 17.1 Å². The monoisotopic (exact) mass is 286 g/mol. The number of hydrogen-bond acceptors (Lipinski definition) is 3. The van der Waals surface area contributed by atoms with Crippen molar-refractivity contribution in [3.05, 3.63) is 22.3 Å². The zero-order valence-corrected chi connectivity index (χ0v) is 11.6. The minimum Gasteiger partial charge on any atom is -0.394 e. The largest absolute Gasteiger partial charge is 0.394 e. The molecule has 0 amide bonds. The van der Waals surface area contributed by atoms with Crippen LogP contribution in [0.4, 0.5) is 5.82 Å². The van der Waals surface area contributed by atoms with Crippen LogP contribution in [0.1, 0.15) is 25.8 Å². The molecule has 0 aliphatic heterocycles. The van der Waals surface area contributed by atoms with E-state index in [1.54, 1.807) is 6.20 Å². The molecule has 3 nitrogen and oxygen atoms in total. The predicted molar refractivity (Wildman–Crippen MR) is 70.6 cm³/mol. The van der Waals surface area contributed by atoms with Crippen LogP contribution in [0.3, 0.4) is 0 Å². The van der Waals surface area contributed by atoms with Crippen LogP contribution in [0.15, 0.2) is 16.7 Å². The summed E-state index contributed by atoms with van der Waals surface area (Å²) in [6, 6.07) is 2.01. The molecule has 0 aromatic carbocycles. The van der Waals surface area contributed by atoms with Gasteiger partial charge in [-0.2, -0.15) is 0 Å². The van der Waals surface area contributed by atoms with Crippen molar-refractivity contribution in [2.75, 3.05) is 11.9 Å². The Hall–Kier alpha value is -0.610. The highest BCUT2D eigenvalue weighted by atomic mass is 79.9. The molecule has 1 rings (SSSR count). The van der Waals surface area contributed by atoms with Gasteiger partial charge in [-0.05, 0) is 46.8 Å². The van der Waals surface area contributed by atoms with E-state index in [1.807, 2.05) is 13.0 Å². The van der Waals surface area contributed by atoms with Gasteiger partial charge < -0.3 is 10.4 Å². The van der Waals surface area contributed by atoms with Gasteiger partial charge in [-0.3, -0.25) is 0 Å². The normalized spacial score (nSPS) is 12.9. The van der Waals surface area contributed by atoms with Crippen molar-refractivity contribution in [1.82, 2.24) is 4.98 Å². The predicted octanol–water partition coefficient (Wildman–Crippen LogP) is 2.97. The molecule has 1 heterocycles. The number of pyridine rings is 1. The molecule has 4 heteroatoms. The fourth-order valence-corrected chi connectivity index (χ4v) is 1.93. The second-order valence-electron chi connectivity index (χ2n) is 4.44. The highest BCUT2D eigenvalue weighted by Crippen LogP contribution is 2.24. The summed E-state index contributed by atoms with van der Waals surface area (Å²) < 4.78 is 0.970. The molecule has 0 radical (unpaired) electrons. The van der Waals surface area contributed by atoms with Gasteiger partial charge in [0.2, 0.25) is 0 Å². The summed E-state index contributed by atoms with van der Waals surface area (Å²) in [5.41, 5.74) is 1.14. The van der Waals surface area contributed by atoms with E-state index in [0.29, 0.717) is 5.92 Å². The van der Waals surface area contributed by atoms with E-state index >= 15 is 0 Å². The van der Waals surface area contributed by atoms with Gasteiger partial charge in [-0.15, -0.1) is 0 Å². The van der Waals surface area contributed by atoms with Crippen molar-refractivity contribution < 1.29 is 5.11 Å². The molecule has 0 aliphatic carbocycles. The van der Waals surface area contributed by atoms with E-state index in [-0.39, 0.29) is 12.6 Å². The first-order chi connectivity index (χ1) is 7.54. The van der Waals surface area contributed by atoms with Crippen LogP contribution in [0.2, 0.25) is 0 Å². The average molecular weight is 287 g/mol. The minimum atomic E-state index is 0.0607. The van der Waals surface area contributed by atoms with Crippen molar-refractivity contribution in [2.24, 2.45) is 5.92 Å². The number of aromatic nitrogens is 1. The number of aliphatic hydroxyl groups is 1. The maximum atomic E-state index is 9.29. The van der Waals surface area contributed by atoms with Gasteiger partial charge in [0.25, 0.3) is 0 Å². The molecule has 0 saturated heterocycles. The summed E-state index contributed by atoms with van der Waals surface area (Å²) in [5.74, 6) is 1.35. The first-order valence-corrected chi connectivity index (χ1v) is 6.32. The van der Waals surface area contributed by atoms with Gasteiger partial charge in [-0.25, -0.2) is 4.98 Å². The van der Waals surface area contributed by atoms with Crippen molar-refractivity contribution in [2.45, 2.75) is 33.2 Å². The van der Waals surface area contributed by atoms with Crippen molar-refractivity contribution >= 4 is 21.7 Å². The van der Waals surface area contributed by atoms with E-state index in [2.05, 4.69) is 40.1 Å². The molecule has 1 aromatic heterocycles. The Bertz CT molecular complexity index is 342. The second kappa shape index (κ2) is 6.21. The number of halogens is 1. The molecule has 2 N–H and O–H groups in total. The SMILES string of the molecule is Cc1ccnc(NC(CO)CC(C)C)c1Br. The number of aliphatic hydroxyl groups excluding tert-OH is 1. The van der Waals surface area contributed by atoms with Crippen LogP contribution in [-0.2, 0) is 0 Å². The third-order valence-electron chi connectivity index (χ3n) is 2.40. The topological polar surface area (TPSA) is 45.2 Å². The van der Waals surface area contributed by atoms with Gasteiger partial charge in [0.15, 0.2) is 0 Å². The molecule has 90 valence electrons. The Labute approximate surface area is 105 Å². The summed E-state index contributed by atoms with van der Waals surface area (Å²) >= 11 is 3.50. The van der Waals surface area contributed by atoms with Crippen LogP contribution in [0.5, 0.6) is 0 Å². The lowest BCUT2D eigenvalue weighted by Crippen LogP contribution is -2.26. The number of anilines is 1. The van der Waals surface area contributed by atoms with Crippen LogP contribution in [0.25, 0.3) is 0 Å². The van der Waals surface area contributed by atoms with Crippen LogP contribution < -0.4 is 5.32 Å². The summed E-state index contributed by atoms with van der Waals surface area (Å²) in [6.45, 7) is 6.43. The zero-order valence-electron chi connectivity index (χ0n) is 10.00. The van der Waals surface area contributed by atoms with Crippen LogP contribution >= 0.6 is 15.9 Å². The Morgan fingerprint density at radius 1 is 1.50 bits per heavy atom. The molecule has 0 fully saturated rings. The minimum absolute atomic E-state index is 0.0607. The third-order valence-corrected chi connectivity index (χ3v) is 3.40. The number of aryl methyl sites for hydroxylation is 1. The van der Waals surface area contributed by atoms with E-state index < -0.39 is 0 Å².